The zero-order chi connectivity index (χ0) is 12.5. The van der Waals surface area contributed by atoms with Crippen LogP contribution in [0, 0.1) is 18.3 Å². The fraction of sp³-hybridized carbons (Fsp3) is 0.533. The number of hydrogen-bond donors (Lipinski definition) is 0. The van der Waals surface area contributed by atoms with Crippen molar-refractivity contribution in [1.29, 1.82) is 5.26 Å². The first-order valence-electron chi connectivity index (χ1n) is 6.17. The Balaban J connectivity index is 1.93. The minimum Gasteiger partial charge on any atom is -0.367 e. The maximum Gasteiger partial charge on any atom is 0.0892 e. The molecule has 1 unspecified atom stereocenters. The van der Waals surface area contributed by atoms with Crippen LogP contribution in [0.4, 0.5) is 0 Å². The molecule has 1 heterocycles. The van der Waals surface area contributed by atoms with Crippen LogP contribution in [-0.4, -0.2) is 11.7 Å². The molecule has 2 heteroatoms. The van der Waals surface area contributed by atoms with Gasteiger partial charge in [-0.3, -0.25) is 0 Å². The minimum atomic E-state index is -0.00407. The highest BCUT2D eigenvalue weighted by atomic mass is 16.6. The zero-order valence-electron chi connectivity index (χ0n) is 10.7. The third-order valence-corrected chi connectivity index (χ3v) is 3.52. The molecule has 1 aromatic rings. The van der Waals surface area contributed by atoms with Gasteiger partial charge in [-0.05, 0) is 39.2 Å². The van der Waals surface area contributed by atoms with E-state index in [1.54, 1.807) is 0 Å². The van der Waals surface area contributed by atoms with E-state index in [9.17, 15) is 5.26 Å². The molecule has 0 spiro atoms. The van der Waals surface area contributed by atoms with Gasteiger partial charge in [-0.15, -0.1) is 0 Å². The van der Waals surface area contributed by atoms with Crippen LogP contribution in [0.3, 0.4) is 0 Å². The SMILES string of the molecule is Cc1ccc(C(C#N)CC[C@H]2OC2(C)C)cc1. The van der Waals surface area contributed by atoms with Crippen LogP contribution in [0.15, 0.2) is 24.3 Å². The largest absolute Gasteiger partial charge is 0.367 e. The van der Waals surface area contributed by atoms with E-state index in [0.29, 0.717) is 6.10 Å². The van der Waals surface area contributed by atoms with E-state index in [2.05, 4.69) is 51.1 Å². The predicted molar refractivity (Wildman–Crippen MR) is 67.7 cm³/mol. The molecule has 0 saturated carbocycles. The van der Waals surface area contributed by atoms with Crippen molar-refractivity contribution in [3.8, 4) is 6.07 Å². The number of aryl methyl sites for hydroxylation is 1. The number of nitrogens with zero attached hydrogens (tertiary/aromatic N) is 1. The van der Waals surface area contributed by atoms with Crippen LogP contribution < -0.4 is 0 Å². The van der Waals surface area contributed by atoms with Gasteiger partial charge in [0.1, 0.15) is 0 Å². The Hall–Kier alpha value is -1.33. The molecule has 2 rings (SSSR count). The third-order valence-electron chi connectivity index (χ3n) is 3.52. The van der Waals surface area contributed by atoms with E-state index >= 15 is 0 Å². The molecular weight excluding hydrogens is 210 g/mol. The van der Waals surface area contributed by atoms with E-state index in [4.69, 9.17) is 4.74 Å². The summed E-state index contributed by atoms with van der Waals surface area (Å²) in [6, 6.07) is 10.6. The van der Waals surface area contributed by atoms with Gasteiger partial charge in [0.15, 0.2) is 0 Å². The first-order valence-corrected chi connectivity index (χ1v) is 6.17. The fourth-order valence-electron chi connectivity index (χ4n) is 2.16. The first kappa shape index (κ1) is 12.1. The van der Waals surface area contributed by atoms with E-state index in [1.165, 1.54) is 5.56 Å². The number of hydrogen-bond acceptors (Lipinski definition) is 2. The number of nitriles is 1. The molecule has 2 nitrogen and oxygen atoms in total. The van der Waals surface area contributed by atoms with Crippen molar-refractivity contribution >= 4 is 0 Å². The molecule has 0 aromatic heterocycles. The van der Waals surface area contributed by atoms with Crippen molar-refractivity contribution in [3.63, 3.8) is 0 Å². The van der Waals surface area contributed by atoms with Gasteiger partial charge >= 0.3 is 0 Å². The van der Waals surface area contributed by atoms with Crippen LogP contribution in [0.1, 0.15) is 43.7 Å². The zero-order valence-corrected chi connectivity index (χ0v) is 10.7. The number of ether oxygens (including phenoxy) is 1. The third kappa shape index (κ3) is 2.87. The van der Waals surface area contributed by atoms with E-state index in [1.807, 2.05) is 0 Å². The quantitative estimate of drug-likeness (QED) is 0.740. The highest BCUT2D eigenvalue weighted by molar-refractivity contribution is 5.28. The Morgan fingerprint density at radius 3 is 2.41 bits per heavy atom. The maximum atomic E-state index is 9.22. The summed E-state index contributed by atoms with van der Waals surface area (Å²) in [5, 5.41) is 9.22. The molecule has 0 aliphatic carbocycles. The summed E-state index contributed by atoms with van der Waals surface area (Å²) >= 11 is 0. The molecule has 0 radical (unpaired) electrons. The maximum absolute atomic E-state index is 9.22. The minimum absolute atomic E-state index is 0.00407. The molecule has 1 fully saturated rings. The average Bonchev–Trinajstić information content (AvgIpc) is 2.90. The Morgan fingerprint density at radius 2 is 1.94 bits per heavy atom. The molecule has 0 amide bonds. The lowest BCUT2D eigenvalue weighted by molar-refractivity contribution is 0.318. The van der Waals surface area contributed by atoms with Crippen molar-refractivity contribution in [3.05, 3.63) is 35.4 Å². The Kier molecular flexibility index (Phi) is 3.22. The normalized spacial score (nSPS) is 22.8. The summed E-state index contributed by atoms with van der Waals surface area (Å²) in [4.78, 5) is 0. The molecule has 17 heavy (non-hydrogen) atoms. The standard InChI is InChI=1S/C15H19NO/c1-11-4-6-12(7-5-11)13(10-16)8-9-14-15(2,3)17-14/h4-7,13-14H,8-9H2,1-3H3/t13?,14-/m1/s1. The van der Waals surface area contributed by atoms with Gasteiger partial charge in [0, 0.05) is 0 Å². The molecule has 2 atom stereocenters. The number of epoxide rings is 1. The van der Waals surface area contributed by atoms with Crippen molar-refractivity contribution < 1.29 is 4.74 Å². The monoisotopic (exact) mass is 229 g/mol. The summed E-state index contributed by atoms with van der Waals surface area (Å²) in [6.07, 6.45) is 2.19. The van der Waals surface area contributed by atoms with Crippen LogP contribution >= 0.6 is 0 Å². The molecular formula is C15H19NO. The van der Waals surface area contributed by atoms with Crippen LogP contribution in [0.2, 0.25) is 0 Å². The Morgan fingerprint density at radius 1 is 1.35 bits per heavy atom. The molecule has 1 saturated heterocycles. The van der Waals surface area contributed by atoms with Crippen LogP contribution in [0.25, 0.3) is 0 Å². The van der Waals surface area contributed by atoms with Crippen molar-refractivity contribution in [2.24, 2.45) is 0 Å². The highest BCUT2D eigenvalue weighted by Gasteiger charge is 2.47. The summed E-state index contributed by atoms with van der Waals surface area (Å²) in [5.41, 5.74) is 2.39. The molecule has 90 valence electrons. The van der Waals surface area contributed by atoms with Gasteiger partial charge in [0.25, 0.3) is 0 Å². The van der Waals surface area contributed by atoms with Gasteiger partial charge in [0.2, 0.25) is 0 Å². The van der Waals surface area contributed by atoms with E-state index in [0.717, 1.165) is 18.4 Å². The second-order valence-corrected chi connectivity index (χ2v) is 5.38. The number of rotatable bonds is 4. The average molecular weight is 229 g/mol. The summed E-state index contributed by atoms with van der Waals surface area (Å²) in [6.45, 7) is 6.27. The highest BCUT2D eigenvalue weighted by Crippen LogP contribution is 2.39. The summed E-state index contributed by atoms with van der Waals surface area (Å²) in [5.74, 6) is -0.00407. The molecule has 1 aliphatic heterocycles. The van der Waals surface area contributed by atoms with Crippen molar-refractivity contribution in [2.75, 3.05) is 0 Å². The fourth-order valence-corrected chi connectivity index (χ4v) is 2.16. The van der Waals surface area contributed by atoms with Gasteiger partial charge < -0.3 is 4.74 Å². The van der Waals surface area contributed by atoms with Gasteiger partial charge in [-0.25, -0.2) is 0 Å². The summed E-state index contributed by atoms with van der Waals surface area (Å²) in [7, 11) is 0. The van der Waals surface area contributed by atoms with Crippen LogP contribution in [0.5, 0.6) is 0 Å². The van der Waals surface area contributed by atoms with Gasteiger partial charge in [-0.2, -0.15) is 5.26 Å². The lowest BCUT2D eigenvalue weighted by atomic mass is 9.93. The Labute approximate surface area is 103 Å². The van der Waals surface area contributed by atoms with Gasteiger partial charge in [0.05, 0.1) is 23.7 Å². The first-order chi connectivity index (χ1) is 8.03. The second-order valence-electron chi connectivity index (χ2n) is 5.38. The van der Waals surface area contributed by atoms with Crippen molar-refractivity contribution in [1.82, 2.24) is 0 Å². The van der Waals surface area contributed by atoms with Crippen molar-refractivity contribution in [2.45, 2.75) is 51.2 Å². The summed E-state index contributed by atoms with van der Waals surface area (Å²) < 4.78 is 5.54. The second kappa shape index (κ2) is 4.50. The smallest absolute Gasteiger partial charge is 0.0892 e. The lowest BCUT2D eigenvalue weighted by Gasteiger charge is -2.09. The Bertz CT molecular complexity index is 427. The predicted octanol–water partition coefficient (Wildman–Crippen LogP) is 3.56. The topological polar surface area (TPSA) is 36.3 Å². The van der Waals surface area contributed by atoms with E-state index < -0.39 is 0 Å². The molecule has 1 aromatic carbocycles. The number of benzene rings is 1. The van der Waals surface area contributed by atoms with E-state index in [-0.39, 0.29) is 11.5 Å². The lowest BCUT2D eigenvalue weighted by Crippen LogP contribution is -2.05. The van der Waals surface area contributed by atoms with Crippen LogP contribution in [-0.2, 0) is 4.74 Å². The molecule has 0 bridgehead atoms. The molecule has 0 N–H and O–H groups in total. The van der Waals surface area contributed by atoms with Gasteiger partial charge in [-0.1, -0.05) is 29.8 Å². The molecule has 1 aliphatic rings.